The highest BCUT2D eigenvalue weighted by molar-refractivity contribution is 9.10. The van der Waals surface area contributed by atoms with Crippen molar-refractivity contribution in [2.24, 2.45) is 0 Å². The van der Waals surface area contributed by atoms with Gasteiger partial charge in [0.15, 0.2) is 11.6 Å². The van der Waals surface area contributed by atoms with Gasteiger partial charge in [-0.15, -0.1) is 24.8 Å². The van der Waals surface area contributed by atoms with Crippen LogP contribution in [0.3, 0.4) is 0 Å². The van der Waals surface area contributed by atoms with Gasteiger partial charge in [-0.3, -0.25) is 4.90 Å². The van der Waals surface area contributed by atoms with Crippen molar-refractivity contribution in [1.82, 2.24) is 10.2 Å². The van der Waals surface area contributed by atoms with Crippen LogP contribution in [0, 0.1) is 5.82 Å². The molecule has 0 aliphatic carbocycles. The van der Waals surface area contributed by atoms with E-state index in [1.807, 2.05) is 0 Å². The molecule has 0 amide bonds. The van der Waals surface area contributed by atoms with Crippen LogP contribution in [-0.2, 0) is 0 Å². The summed E-state index contributed by atoms with van der Waals surface area (Å²) in [6, 6.07) is 0.0640. The molecule has 0 bridgehead atoms. The molecule has 1 saturated heterocycles. The lowest BCUT2D eigenvalue weighted by atomic mass is 10.0. The minimum absolute atomic E-state index is 0. The lowest BCUT2D eigenvalue weighted by Gasteiger charge is -2.36. The summed E-state index contributed by atoms with van der Waals surface area (Å²) in [7, 11) is 0. The van der Waals surface area contributed by atoms with E-state index in [1.165, 1.54) is 11.0 Å². The van der Waals surface area contributed by atoms with Gasteiger partial charge in [-0.2, -0.15) is 13.2 Å². The Labute approximate surface area is 146 Å². The maximum atomic E-state index is 13.4. The Kier molecular flexibility index (Phi) is 8.43. The minimum atomic E-state index is -4.61. The number of aromatic hydroxyl groups is 1. The molecule has 22 heavy (non-hydrogen) atoms. The maximum Gasteiger partial charge on any atom is 0.408 e. The summed E-state index contributed by atoms with van der Waals surface area (Å²) in [4.78, 5) is 1.19. The molecule has 1 heterocycles. The van der Waals surface area contributed by atoms with Crippen LogP contribution in [0.25, 0.3) is 0 Å². The fraction of sp³-hybridized carbons (Fsp3) is 0.500. The molecule has 3 nitrogen and oxygen atoms in total. The Morgan fingerprint density at radius 3 is 2.23 bits per heavy atom. The van der Waals surface area contributed by atoms with Crippen molar-refractivity contribution in [3.8, 4) is 5.75 Å². The van der Waals surface area contributed by atoms with Gasteiger partial charge in [0, 0.05) is 36.2 Å². The lowest BCUT2D eigenvalue weighted by molar-refractivity contribution is -0.188. The fourth-order valence-electron chi connectivity index (χ4n) is 2.31. The molecule has 0 saturated carbocycles. The van der Waals surface area contributed by atoms with Crippen LogP contribution >= 0.6 is 40.7 Å². The van der Waals surface area contributed by atoms with Crippen LogP contribution < -0.4 is 5.32 Å². The number of rotatable bonds is 2. The molecule has 0 radical (unpaired) electrons. The zero-order chi connectivity index (χ0) is 14.9. The monoisotopic (exact) mass is 428 g/mol. The van der Waals surface area contributed by atoms with Gasteiger partial charge >= 0.3 is 6.18 Å². The molecule has 2 rings (SSSR count). The second-order valence-corrected chi connectivity index (χ2v) is 5.38. The second-order valence-electron chi connectivity index (χ2n) is 4.52. The van der Waals surface area contributed by atoms with Crippen LogP contribution in [0.15, 0.2) is 16.6 Å². The molecule has 2 N–H and O–H groups in total. The van der Waals surface area contributed by atoms with E-state index in [2.05, 4.69) is 21.2 Å². The standard InChI is InChI=1S/C12H13BrF4N2O.2ClH/c13-7-1-2-8(14)10(20)9(7)11(12(15,16)17)19-5-3-18-4-6-19;;/h1-2,11,18,20H,3-6H2;2*1H/t11-;;/m1../s1. The van der Waals surface area contributed by atoms with E-state index in [-0.39, 0.29) is 42.4 Å². The molecule has 128 valence electrons. The Bertz CT molecular complexity index is 499. The normalized spacial score (nSPS) is 17.3. The first-order valence-corrected chi connectivity index (χ1v) is 6.80. The minimum Gasteiger partial charge on any atom is -0.505 e. The Hall–Kier alpha value is -0.280. The smallest absolute Gasteiger partial charge is 0.408 e. The molecular formula is C12H15BrCl2F4N2O. The zero-order valence-electron chi connectivity index (χ0n) is 11.2. The van der Waals surface area contributed by atoms with Gasteiger partial charge < -0.3 is 10.4 Å². The van der Waals surface area contributed by atoms with Crippen LogP contribution in [0.1, 0.15) is 11.6 Å². The van der Waals surface area contributed by atoms with Crippen molar-refractivity contribution in [3.05, 3.63) is 28.0 Å². The number of piperazine rings is 1. The largest absolute Gasteiger partial charge is 0.505 e. The van der Waals surface area contributed by atoms with Gasteiger partial charge in [-0.05, 0) is 12.1 Å². The number of halogens is 7. The Morgan fingerprint density at radius 2 is 1.73 bits per heavy atom. The number of nitrogens with zero attached hydrogens (tertiary/aromatic N) is 1. The third-order valence-corrected chi connectivity index (χ3v) is 3.91. The quantitative estimate of drug-likeness (QED) is 0.704. The number of phenols is 1. The molecule has 0 spiro atoms. The number of alkyl halides is 3. The molecular weight excluding hydrogens is 415 g/mol. The van der Waals surface area contributed by atoms with Crippen molar-refractivity contribution >= 4 is 40.7 Å². The predicted molar refractivity (Wildman–Crippen MR) is 83.5 cm³/mol. The number of hydrogen-bond acceptors (Lipinski definition) is 3. The first-order chi connectivity index (χ1) is 9.32. The van der Waals surface area contributed by atoms with Crippen LogP contribution in [-0.4, -0.2) is 42.4 Å². The van der Waals surface area contributed by atoms with Crippen LogP contribution in [0.5, 0.6) is 5.75 Å². The van der Waals surface area contributed by atoms with E-state index in [0.29, 0.717) is 13.1 Å². The van der Waals surface area contributed by atoms with Gasteiger partial charge in [0.25, 0.3) is 0 Å². The van der Waals surface area contributed by atoms with E-state index < -0.39 is 29.3 Å². The summed E-state index contributed by atoms with van der Waals surface area (Å²) in [6.07, 6.45) is -4.61. The van der Waals surface area contributed by atoms with Gasteiger partial charge in [0.05, 0.1) is 0 Å². The van der Waals surface area contributed by atoms with Gasteiger partial charge in [0.1, 0.15) is 6.04 Å². The average molecular weight is 430 g/mol. The highest BCUT2D eigenvalue weighted by atomic mass is 79.9. The molecule has 1 fully saturated rings. The summed E-state index contributed by atoms with van der Waals surface area (Å²) >= 11 is 2.97. The molecule has 1 aliphatic rings. The van der Waals surface area contributed by atoms with Crippen molar-refractivity contribution < 1.29 is 22.7 Å². The van der Waals surface area contributed by atoms with Crippen LogP contribution in [0.2, 0.25) is 0 Å². The van der Waals surface area contributed by atoms with Gasteiger partial charge in [-0.1, -0.05) is 15.9 Å². The number of nitrogens with one attached hydrogen (secondary N) is 1. The first-order valence-electron chi connectivity index (χ1n) is 6.00. The second kappa shape index (κ2) is 8.54. The number of benzene rings is 1. The average Bonchev–Trinajstić information content (AvgIpc) is 2.39. The third-order valence-electron chi connectivity index (χ3n) is 3.21. The molecule has 0 aromatic heterocycles. The van der Waals surface area contributed by atoms with Crippen molar-refractivity contribution in [2.75, 3.05) is 26.2 Å². The van der Waals surface area contributed by atoms with Crippen molar-refractivity contribution in [1.29, 1.82) is 0 Å². The topological polar surface area (TPSA) is 35.5 Å². The predicted octanol–water partition coefficient (Wildman–Crippen LogP) is 3.65. The highest BCUT2D eigenvalue weighted by Gasteiger charge is 2.47. The van der Waals surface area contributed by atoms with E-state index >= 15 is 0 Å². The molecule has 0 unspecified atom stereocenters. The van der Waals surface area contributed by atoms with Crippen molar-refractivity contribution in [2.45, 2.75) is 12.2 Å². The molecule has 10 heteroatoms. The Balaban J connectivity index is 0.00000220. The molecule has 1 atom stereocenters. The molecule has 1 aliphatic heterocycles. The van der Waals surface area contributed by atoms with E-state index in [9.17, 15) is 22.7 Å². The van der Waals surface area contributed by atoms with E-state index in [0.717, 1.165) is 6.07 Å². The molecule has 1 aromatic rings. The maximum absolute atomic E-state index is 13.4. The number of hydrogen-bond donors (Lipinski definition) is 2. The van der Waals surface area contributed by atoms with Gasteiger partial charge in [-0.25, -0.2) is 4.39 Å². The summed E-state index contributed by atoms with van der Waals surface area (Å²) in [5.41, 5.74) is -0.473. The Morgan fingerprint density at radius 1 is 1.18 bits per heavy atom. The third kappa shape index (κ3) is 4.61. The summed E-state index contributed by atoms with van der Waals surface area (Å²) in [5, 5.41) is 12.7. The first kappa shape index (κ1) is 21.7. The lowest BCUT2D eigenvalue weighted by Crippen LogP contribution is -2.49. The number of phenolic OH excluding ortho intramolecular Hbond substituents is 1. The fourth-order valence-corrected chi connectivity index (χ4v) is 2.85. The van der Waals surface area contributed by atoms with Gasteiger partial charge in [0.2, 0.25) is 0 Å². The highest BCUT2D eigenvalue weighted by Crippen LogP contribution is 2.45. The van der Waals surface area contributed by atoms with Crippen LogP contribution in [0.4, 0.5) is 17.6 Å². The summed E-state index contributed by atoms with van der Waals surface area (Å²) < 4.78 is 53.5. The SMILES string of the molecule is Cl.Cl.Oc1c(F)ccc(Br)c1[C@@H](N1CCNCC1)C(F)(F)F. The zero-order valence-corrected chi connectivity index (χ0v) is 14.4. The van der Waals surface area contributed by atoms with E-state index in [1.54, 1.807) is 0 Å². The van der Waals surface area contributed by atoms with Crippen molar-refractivity contribution in [3.63, 3.8) is 0 Å². The molecule has 1 aromatic carbocycles. The summed E-state index contributed by atoms with van der Waals surface area (Å²) in [6.45, 7) is 1.18. The summed E-state index contributed by atoms with van der Waals surface area (Å²) in [5.74, 6) is -2.02. The van der Waals surface area contributed by atoms with E-state index in [4.69, 9.17) is 0 Å².